The van der Waals surface area contributed by atoms with Crippen LogP contribution in [0.25, 0.3) is 0 Å². The third kappa shape index (κ3) is 11.6. The van der Waals surface area contributed by atoms with Crippen molar-refractivity contribution < 1.29 is 32.6 Å². The summed E-state index contributed by atoms with van der Waals surface area (Å²) in [6, 6.07) is 19.0. The number of aromatic nitrogens is 2. The molecular formula is C28H34F3N5O4. The predicted octanol–water partition coefficient (Wildman–Crippen LogP) is 5.55. The molecule has 216 valence electrons. The fraction of sp³-hybridized carbons (Fsp3) is 0.357. The number of halogens is 3. The standard InChI is InChI=1S/C26H33N5O2.C2HF3O2/c1-18(2)16-23(25(32)29-21-10-12-22(33-4)13-11-21)30-24-17-19(3)28-26(31-24)27-15-14-20-8-6-5-7-9-20;3-2(4,5)1(6)7/h5-13,17-18,23H,14-16H2,1-4H3,(H,29,32)(H2,27,28,30,31);(H,6,7)/t23-;/m0./s1. The number of amides is 1. The molecule has 12 heteroatoms. The number of benzene rings is 2. The molecule has 0 radical (unpaired) electrons. The summed E-state index contributed by atoms with van der Waals surface area (Å²) in [5.74, 6) is -0.618. The van der Waals surface area contributed by atoms with Crippen LogP contribution in [-0.4, -0.2) is 52.8 Å². The maximum absolute atomic E-state index is 13.0. The van der Waals surface area contributed by atoms with Crippen LogP contribution in [0.15, 0.2) is 60.7 Å². The van der Waals surface area contributed by atoms with Gasteiger partial charge in [0.15, 0.2) is 0 Å². The minimum atomic E-state index is -5.08. The van der Waals surface area contributed by atoms with Gasteiger partial charge >= 0.3 is 12.1 Å². The van der Waals surface area contributed by atoms with Crippen LogP contribution in [0.5, 0.6) is 5.75 Å². The number of hydrogen-bond acceptors (Lipinski definition) is 7. The van der Waals surface area contributed by atoms with Gasteiger partial charge in [0.2, 0.25) is 11.9 Å². The van der Waals surface area contributed by atoms with Crippen LogP contribution < -0.4 is 20.7 Å². The second kappa shape index (κ2) is 15.3. The Morgan fingerprint density at radius 1 is 1.02 bits per heavy atom. The van der Waals surface area contributed by atoms with Gasteiger partial charge in [-0.3, -0.25) is 4.79 Å². The van der Waals surface area contributed by atoms with Crippen molar-refractivity contribution in [1.82, 2.24) is 9.97 Å². The number of alkyl halides is 3. The summed E-state index contributed by atoms with van der Waals surface area (Å²) in [5, 5.41) is 16.7. The number of nitrogens with one attached hydrogen (secondary N) is 3. The topological polar surface area (TPSA) is 125 Å². The molecule has 0 spiro atoms. The molecule has 0 aliphatic carbocycles. The molecule has 0 unspecified atom stereocenters. The van der Waals surface area contributed by atoms with E-state index < -0.39 is 18.2 Å². The van der Waals surface area contributed by atoms with Gasteiger partial charge < -0.3 is 25.8 Å². The molecule has 9 nitrogen and oxygen atoms in total. The van der Waals surface area contributed by atoms with E-state index in [1.165, 1.54) is 5.56 Å². The lowest BCUT2D eigenvalue weighted by atomic mass is 10.0. The number of hydrogen-bond donors (Lipinski definition) is 4. The predicted molar refractivity (Wildman–Crippen MR) is 148 cm³/mol. The summed E-state index contributed by atoms with van der Waals surface area (Å²) in [5.41, 5.74) is 2.80. The SMILES string of the molecule is COc1ccc(NC(=O)[C@H](CC(C)C)Nc2cc(C)nc(NCCc3ccccc3)n2)cc1.O=C(O)C(F)(F)F. The Bertz CT molecular complexity index is 1220. The fourth-order valence-corrected chi connectivity index (χ4v) is 3.47. The van der Waals surface area contributed by atoms with Gasteiger partial charge in [-0.2, -0.15) is 18.2 Å². The first-order valence-corrected chi connectivity index (χ1v) is 12.5. The molecule has 3 aromatic rings. The van der Waals surface area contributed by atoms with Crippen LogP contribution in [0.3, 0.4) is 0 Å². The summed E-state index contributed by atoms with van der Waals surface area (Å²) in [6.45, 7) is 6.83. The highest BCUT2D eigenvalue weighted by molar-refractivity contribution is 5.96. The molecule has 0 aliphatic rings. The quantitative estimate of drug-likeness (QED) is 0.240. The molecule has 0 aliphatic heterocycles. The Morgan fingerprint density at radius 2 is 1.65 bits per heavy atom. The van der Waals surface area contributed by atoms with Crippen molar-refractivity contribution in [3.8, 4) is 5.75 Å². The van der Waals surface area contributed by atoms with E-state index in [-0.39, 0.29) is 5.91 Å². The molecule has 1 aromatic heterocycles. The molecule has 0 fully saturated rings. The maximum Gasteiger partial charge on any atom is 0.490 e. The zero-order chi connectivity index (χ0) is 29.7. The third-order valence-corrected chi connectivity index (χ3v) is 5.34. The van der Waals surface area contributed by atoms with E-state index in [2.05, 4.69) is 51.9 Å². The average Bonchev–Trinajstić information content (AvgIpc) is 2.88. The first-order valence-electron chi connectivity index (χ1n) is 12.5. The molecule has 3 rings (SSSR count). The van der Waals surface area contributed by atoms with Crippen molar-refractivity contribution in [3.05, 3.63) is 71.9 Å². The number of ether oxygens (including phenoxy) is 1. The molecule has 1 atom stereocenters. The van der Waals surface area contributed by atoms with Crippen molar-refractivity contribution in [2.24, 2.45) is 5.92 Å². The molecule has 40 heavy (non-hydrogen) atoms. The molecule has 1 amide bonds. The summed E-state index contributed by atoms with van der Waals surface area (Å²) in [4.78, 5) is 31.0. The number of nitrogens with zero attached hydrogens (tertiary/aromatic N) is 2. The largest absolute Gasteiger partial charge is 0.497 e. The van der Waals surface area contributed by atoms with Gasteiger partial charge in [0.1, 0.15) is 17.6 Å². The molecule has 0 bridgehead atoms. The third-order valence-electron chi connectivity index (χ3n) is 5.34. The van der Waals surface area contributed by atoms with Gasteiger partial charge in [-0.1, -0.05) is 44.2 Å². The lowest BCUT2D eigenvalue weighted by Crippen LogP contribution is -2.36. The normalized spacial score (nSPS) is 11.6. The minimum absolute atomic E-state index is 0.108. The molecule has 0 saturated carbocycles. The summed E-state index contributed by atoms with van der Waals surface area (Å²) in [6.07, 6.45) is -3.54. The van der Waals surface area contributed by atoms with Gasteiger partial charge in [-0.15, -0.1) is 0 Å². The number of carbonyl (C=O) groups excluding carboxylic acids is 1. The minimum Gasteiger partial charge on any atom is -0.497 e. The Morgan fingerprint density at radius 3 is 2.20 bits per heavy atom. The van der Waals surface area contributed by atoms with E-state index in [1.807, 2.05) is 55.5 Å². The van der Waals surface area contributed by atoms with E-state index in [4.69, 9.17) is 14.6 Å². The fourth-order valence-electron chi connectivity index (χ4n) is 3.47. The Balaban J connectivity index is 0.000000708. The van der Waals surface area contributed by atoms with E-state index in [0.29, 0.717) is 24.1 Å². The maximum atomic E-state index is 13.0. The van der Waals surface area contributed by atoms with E-state index >= 15 is 0 Å². The first kappa shape index (κ1) is 31.9. The van der Waals surface area contributed by atoms with E-state index in [9.17, 15) is 18.0 Å². The summed E-state index contributed by atoms with van der Waals surface area (Å²) < 4.78 is 36.9. The molecule has 4 N–H and O–H groups in total. The number of methoxy groups -OCH3 is 1. The first-order chi connectivity index (χ1) is 18.9. The smallest absolute Gasteiger partial charge is 0.490 e. The van der Waals surface area contributed by atoms with Gasteiger partial charge in [-0.05, 0) is 55.5 Å². The van der Waals surface area contributed by atoms with Crippen molar-refractivity contribution in [1.29, 1.82) is 0 Å². The van der Waals surface area contributed by atoms with Crippen molar-refractivity contribution >= 4 is 29.3 Å². The van der Waals surface area contributed by atoms with Gasteiger partial charge in [0.05, 0.1) is 7.11 Å². The molecule has 2 aromatic carbocycles. The Labute approximate surface area is 231 Å². The number of aryl methyl sites for hydroxylation is 1. The Hall–Kier alpha value is -4.35. The highest BCUT2D eigenvalue weighted by Gasteiger charge is 2.38. The lowest BCUT2D eigenvalue weighted by molar-refractivity contribution is -0.192. The highest BCUT2D eigenvalue weighted by Crippen LogP contribution is 2.19. The molecule has 1 heterocycles. The summed E-state index contributed by atoms with van der Waals surface area (Å²) >= 11 is 0. The van der Waals surface area contributed by atoms with Crippen LogP contribution in [0.2, 0.25) is 0 Å². The highest BCUT2D eigenvalue weighted by atomic mass is 19.4. The monoisotopic (exact) mass is 561 g/mol. The zero-order valence-electron chi connectivity index (χ0n) is 22.7. The number of carboxylic acids is 1. The molecular weight excluding hydrogens is 527 g/mol. The van der Waals surface area contributed by atoms with Crippen LogP contribution >= 0.6 is 0 Å². The van der Waals surface area contributed by atoms with E-state index in [1.54, 1.807) is 7.11 Å². The zero-order valence-corrected chi connectivity index (χ0v) is 22.7. The van der Waals surface area contributed by atoms with Crippen LogP contribution in [0.4, 0.5) is 30.6 Å². The number of rotatable bonds is 11. The Kier molecular flexibility index (Phi) is 12.2. The number of carbonyl (C=O) groups is 2. The second-order valence-electron chi connectivity index (χ2n) is 9.23. The van der Waals surface area contributed by atoms with Crippen LogP contribution in [-0.2, 0) is 16.0 Å². The molecule has 0 saturated heterocycles. The van der Waals surface area contributed by atoms with Crippen molar-refractivity contribution in [2.45, 2.75) is 45.8 Å². The van der Waals surface area contributed by atoms with Crippen molar-refractivity contribution in [2.75, 3.05) is 29.6 Å². The summed E-state index contributed by atoms with van der Waals surface area (Å²) in [7, 11) is 1.62. The second-order valence-corrected chi connectivity index (χ2v) is 9.23. The van der Waals surface area contributed by atoms with Gasteiger partial charge in [0, 0.05) is 24.0 Å². The van der Waals surface area contributed by atoms with Gasteiger partial charge in [0.25, 0.3) is 0 Å². The number of carboxylic acid groups (broad SMARTS) is 1. The van der Waals surface area contributed by atoms with Crippen LogP contribution in [0.1, 0.15) is 31.5 Å². The number of anilines is 3. The van der Waals surface area contributed by atoms with Crippen molar-refractivity contribution in [3.63, 3.8) is 0 Å². The number of aliphatic carboxylic acids is 1. The van der Waals surface area contributed by atoms with E-state index in [0.717, 1.165) is 30.1 Å². The lowest BCUT2D eigenvalue weighted by Gasteiger charge is -2.21. The van der Waals surface area contributed by atoms with Gasteiger partial charge in [-0.25, -0.2) is 9.78 Å². The van der Waals surface area contributed by atoms with Crippen LogP contribution in [0, 0.1) is 12.8 Å². The average molecular weight is 562 g/mol.